The van der Waals surface area contributed by atoms with Gasteiger partial charge in [0.2, 0.25) is 5.82 Å². The molecule has 0 fully saturated rings. The monoisotopic (exact) mass is 257 g/mol. The van der Waals surface area contributed by atoms with Crippen LogP contribution in [0.15, 0.2) is 24.5 Å². The van der Waals surface area contributed by atoms with Gasteiger partial charge in [-0.3, -0.25) is 24.8 Å². The van der Waals surface area contributed by atoms with Crippen LogP contribution >= 0.6 is 0 Å². The van der Waals surface area contributed by atoms with E-state index in [0.717, 1.165) is 0 Å². The van der Waals surface area contributed by atoms with Crippen molar-refractivity contribution in [3.8, 4) is 0 Å². The molecule has 1 aliphatic rings. The summed E-state index contributed by atoms with van der Waals surface area (Å²) < 4.78 is 0. The van der Waals surface area contributed by atoms with Gasteiger partial charge in [0.05, 0.1) is 11.1 Å². The smallest absolute Gasteiger partial charge is 0.292 e. The first-order valence-corrected chi connectivity index (χ1v) is 5.31. The summed E-state index contributed by atoms with van der Waals surface area (Å²) in [5.74, 6) is -1.34. The van der Waals surface area contributed by atoms with Crippen molar-refractivity contribution in [1.82, 2.24) is 20.5 Å². The van der Waals surface area contributed by atoms with Gasteiger partial charge in [0.15, 0.2) is 0 Å². The van der Waals surface area contributed by atoms with Gasteiger partial charge in [0, 0.05) is 5.69 Å². The first-order valence-electron chi connectivity index (χ1n) is 5.31. The third-order valence-electron chi connectivity index (χ3n) is 2.62. The van der Waals surface area contributed by atoms with Crippen molar-refractivity contribution in [3.05, 3.63) is 41.5 Å². The molecule has 0 aliphatic carbocycles. The molecule has 2 heterocycles. The molecule has 19 heavy (non-hydrogen) atoms. The number of imide groups is 1. The number of rotatable bonds is 2. The minimum Gasteiger partial charge on any atom is -0.319 e. The lowest BCUT2D eigenvalue weighted by molar-refractivity contribution is 0.0878. The Hall–Kier alpha value is -3.03. The molecule has 1 aliphatic heterocycles. The van der Waals surface area contributed by atoms with Crippen molar-refractivity contribution < 1.29 is 14.4 Å². The molecule has 8 nitrogen and oxygen atoms in total. The van der Waals surface area contributed by atoms with Gasteiger partial charge in [-0.1, -0.05) is 0 Å². The van der Waals surface area contributed by atoms with E-state index in [2.05, 4.69) is 25.8 Å². The zero-order chi connectivity index (χ0) is 13.4. The van der Waals surface area contributed by atoms with Crippen molar-refractivity contribution in [2.75, 3.05) is 5.32 Å². The van der Waals surface area contributed by atoms with Gasteiger partial charge in [-0.2, -0.15) is 5.10 Å². The van der Waals surface area contributed by atoms with Crippen LogP contribution in [0.4, 0.5) is 5.69 Å². The third kappa shape index (κ3) is 1.84. The molecule has 0 saturated carbocycles. The van der Waals surface area contributed by atoms with Crippen molar-refractivity contribution in [1.29, 1.82) is 0 Å². The molecule has 0 radical (unpaired) electrons. The number of anilines is 1. The van der Waals surface area contributed by atoms with Crippen LogP contribution in [-0.4, -0.2) is 32.9 Å². The highest BCUT2D eigenvalue weighted by Crippen LogP contribution is 2.20. The van der Waals surface area contributed by atoms with Crippen molar-refractivity contribution in [2.24, 2.45) is 0 Å². The predicted molar refractivity (Wildman–Crippen MR) is 62.6 cm³/mol. The number of nitrogens with one attached hydrogen (secondary N) is 3. The predicted octanol–water partition coefficient (Wildman–Crippen LogP) is -0.0594. The molecule has 3 N–H and O–H groups in total. The van der Waals surface area contributed by atoms with E-state index in [0.29, 0.717) is 11.3 Å². The van der Waals surface area contributed by atoms with E-state index in [1.807, 2.05) is 0 Å². The molecule has 94 valence electrons. The van der Waals surface area contributed by atoms with E-state index in [4.69, 9.17) is 0 Å². The molecule has 0 bridgehead atoms. The average Bonchev–Trinajstić information content (AvgIpc) is 2.99. The number of carbonyl (C=O) groups is 3. The Morgan fingerprint density at radius 1 is 1.16 bits per heavy atom. The number of hydrogen-bond acceptors (Lipinski definition) is 5. The van der Waals surface area contributed by atoms with Crippen molar-refractivity contribution in [3.63, 3.8) is 0 Å². The van der Waals surface area contributed by atoms with Crippen LogP contribution in [0.1, 0.15) is 31.3 Å². The molecule has 0 saturated heterocycles. The number of nitrogens with zero attached hydrogens (tertiary/aromatic N) is 2. The molecule has 0 unspecified atom stereocenters. The molecule has 8 heteroatoms. The van der Waals surface area contributed by atoms with Gasteiger partial charge in [-0.25, -0.2) is 4.98 Å². The maximum Gasteiger partial charge on any atom is 0.292 e. The molecule has 2 aromatic rings. The molecular weight excluding hydrogens is 250 g/mol. The van der Waals surface area contributed by atoms with Gasteiger partial charge >= 0.3 is 0 Å². The lowest BCUT2D eigenvalue weighted by atomic mass is 10.1. The Bertz CT molecular complexity index is 692. The van der Waals surface area contributed by atoms with Crippen molar-refractivity contribution in [2.45, 2.75) is 0 Å². The average molecular weight is 257 g/mol. The van der Waals surface area contributed by atoms with E-state index in [1.165, 1.54) is 24.5 Å². The number of hydrogen-bond donors (Lipinski definition) is 3. The standard InChI is InChI=1S/C11H7N5O3/c17-9-6-2-1-5(3-7(6)10(18)15-9)14-11(19)8-12-4-13-16-8/h1-4H,(H,14,19)(H,12,13,16)(H,15,17,18). The second-order valence-corrected chi connectivity index (χ2v) is 3.83. The van der Waals surface area contributed by atoms with E-state index in [1.54, 1.807) is 0 Å². The fraction of sp³-hybridized carbons (Fsp3) is 0. The Labute approximate surface area is 106 Å². The molecule has 0 spiro atoms. The summed E-state index contributed by atoms with van der Waals surface area (Å²) in [5.41, 5.74) is 0.924. The van der Waals surface area contributed by atoms with Crippen LogP contribution in [0.25, 0.3) is 0 Å². The quantitative estimate of drug-likeness (QED) is 0.651. The normalized spacial score (nSPS) is 13.1. The molecular formula is C11H7N5O3. The van der Waals surface area contributed by atoms with Gasteiger partial charge < -0.3 is 5.32 Å². The highest BCUT2D eigenvalue weighted by Gasteiger charge is 2.26. The number of H-pyrrole nitrogens is 1. The van der Waals surface area contributed by atoms with E-state index in [9.17, 15) is 14.4 Å². The maximum absolute atomic E-state index is 11.7. The second kappa shape index (κ2) is 4.02. The lowest BCUT2D eigenvalue weighted by Crippen LogP contribution is -2.19. The van der Waals surface area contributed by atoms with Crippen molar-refractivity contribution >= 4 is 23.4 Å². The Morgan fingerprint density at radius 2 is 1.95 bits per heavy atom. The largest absolute Gasteiger partial charge is 0.319 e. The van der Waals surface area contributed by atoms with Crippen LogP contribution < -0.4 is 10.6 Å². The zero-order valence-electron chi connectivity index (χ0n) is 9.43. The Kier molecular flexibility index (Phi) is 2.34. The van der Waals surface area contributed by atoms with E-state index >= 15 is 0 Å². The SMILES string of the molecule is O=C(Nc1ccc2c(c1)C(=O)NC2=O)c1ncn[nH]1. The van der Waals surface area contributed by atoms with Crippen LogP contribution in [-0.2, 0) is 0 Å². The topological polar surface area (TPSA) is 117 Å². The third-order valence-corrected chi connectivity index (χ3v) is 2.62. The number of aromatic amines is 1. The first-order chi connectivity index (χ1) is 9.15. The van der Waals surface area contributed by atoms with Gasteiger partial charge in [0.25, 0.3) is 17.7 Å². The number of fused-ring (bicyclic) bond motifs is 1. The number of aromatic nitrogens is 3. The number of carbonyl (C=O) groups excluding carboxylic acids is 3. The lowest BCUT2D eigenvalue weighted by Gasteiger charge is -2.03. The first kappa shape index (κ1) is 11.1. The minimum absolute atomic E-state index is 0.0565. The Morgan fingerprint density at radius 3 is 2.68 bits per heavy atom. The molecule has 3 amide bonds. The molecule has 1 aromatic heterocycles. The summed E-state index contributed by atoms with van der Waals surface area (Å²) in [6, 6.07) is 4.45. The van der Waals surface area contributed by atoms with Gasteiger partial charge in [-0.05, 0) is 18.2 Å². The summed E-state index contributed by atoms with van der Waals surface area (Å²) in [5, 5.41) is 10.7. The van der Waals surface area contributed by atoms with Gasteiger partial charge in [0.1, 0.15) is 6.33 Å². The molecule has 3 rings (SSSR count). The fourth-order valence-electron chi connectivity index (χ4n) is 1.75. The van der Waals surface area contributed by atoms with E-state index < -0.39 is 17.7 Å². The highest BCUT2D eigenvalue weighted by atomic mass is 16.2. The zero-order valence-corrected chi connectivity index (χ0v) is 9.43. The van der Waals surface area contributed by atoms with Crippen LogP contribution in [0, 0.1) is 0 Å². The van der Waals surface area contributed by atoms with E-state index in [-0.39, 0.29) is 11.4 Å². The number of amides is 3. The highest BCUT2D eigenvalue weighted by molar-refractivity contribution is 6.22. The number of benzene rings is 1. The Balaban J connectivity index is 1.88. The van der Waals surface area contributed by atoms with Crippen LogP contribution in [0.5, 0.6) is 0 Å². The maximum atomic E-state index is 11.7. The summed E-state index contributed by atoms with van der Waals surface area (Å²) in [6.45, 7) is 0. The molecule has 1 aromatic carbocycles. The van der Waals surface area contributed by atoms with Gasteiger partial charge in [-0.15, -0.1) is 0 Å². The summed E-state index contributed by atoms with van der Waals surface area (Å²) >= 11 is 0. The summed E-state index contributed by atoms with van der Waals surface area (Å²) in [4.78, 5) is 38.2. The second-order valence-electron chi connectivity index (χ2n) is 3.83. The van der Waals surface area contributed by atoms with Crippen LogP contribution in [0.2, 0.25) is 0 Å². The molecule has 0 atom stereocenters. The minimum atomic E-state index is -0.484. The van der Waals surface area contributed by atoms with Crippen LogP contribution in [0.3, 0.4) is 0 Å². The summed E-state index contributed by atoms with van der Waals surface area (Å²) in [6.07, 6.45) is 1.21. The summed E-state index contributed by atoms with van der Waals surface area (Å²) in [7, 11) is 0. The fourth-order valence-corrected chi connectivity index (χ4v) is 1.75.